The lowest BCUT2D eigenvalue weighted by Gasteiger charge is -2.32. The molecule has 2 atom stereocenters. The molecule has 0 radical (unpaired) electrons. The predicted molar refractivity (Wildman–Crippen MR) is 106 cm³/mol. The summed E-state index contributed by atoms with van der Waals surface area (Å²) in [5.74, 6) is 0.120. The van der Waals surface area contributed by atoms with Gasteiger partial charge in [-0.05, 0) is 37.1 Å². The SMILES string of the molecule is O=C(Nc1ccc(Br)cc1)C1CCN(C2=NC3NCNC(=O)C3S2)CC1. The first kappa shape index (κ1) is 17.8. The van der Waals surface area contributed by atoms with E-state index in [4.69, 9.17) is 0 Å². The Balaban J connectivity index is 1.31. The van der Waals surface area contributed by atoms with Crippen LogP contribution in [-0.2, 0) is 9.59 Å². The number of piperidine rings is 1. The van der Waals surface area contributed by atoms with Crippen molar-refractivity contribution in [1.29, 1.82) is 0 Å². The average molecular weight is 438 g/mol. The molecule has 9 heteroatoms. The highest BCUT2D eigenvalue weighted by Crippen LogP contribution is 2.31. The number of likely N-dealkylation sites (tertiary alicyclic amines) is 1. The standard InChI is InChI=1S/C17H20BrN5O2S/c18-11-1-3-12(4-2-11)21-15(24)10-5-7-23(8-6-10)17-22-14-13(26-17)16(25)20-9-19-14/h1-4,10,13-14,19H,5-9H2,(H,20,25)(H,21,24). The number of fused-ring (bicyclic) bond motifs is 1. The van der Waals surface area contributed by atoms with Gasteiger partial charge in [0, 0.05) is 29.2 Å². The minimum atomic E-state index is -0.183. The number of aliphatic imine (C=N–C) groups is 1. The van der Waals surface area contributed by atoms with E-state index in [1.165, 1.54) is 11.8 Å². The first-order chi connectivity index (χ1) is 12.6. The van der Waals surface area contributed by atoms with E-state index in [0.717, 1.165) is 41.3 Å². The Hall–Kier alpha value is -1.58. The maximum absolute atomic E-state index is 12.5. The van der Waals surface area contributed by atoms with Crippen LogP contribution in [0.1, 0.15) is 12.8 Å². The third-order valence-corrected chi connectivity index (χ3v) is 6.68. The van der Waals surface area contributed by atoms with Crippen LogP contribution in [0, 0.1) is 5.92 Å². The highest BCUT2D eigenvalue weighted by atomic mass is 79.9. The molecular weight excluding hydrogens is 418 g/mol. The topological polar surface area (TPSA) is 85.8 Å². The normalized spacial score (nSPS) is 26.1. The summed E-state index contributed by atoms with van der Waals surface area (Å²) >= 11 is 4.91. The summed E-state index contributed by atoms with van der Waals surface area (Å²) in [5.41, 5.74) is 0.817. The van der Waals surface area contributed by atoms with Crippen molar-refractivity contribution in [2.24, 2.45) is 10.9 Å². The zero-order chi connectivity index (χ0) is 18.1. The fraction of sp³-hybridized carbons (Fsp3) is 0.471. The molecule has 3 N–H and O–H groups in total. The molecule has 2 unspecified atom stereocenters. The number of thioether (sulfide) groups is 1. The number of carbonyl (C=O) groups excluding carboxylic acids is 2. The number of hydrogen-bond donors (Lipinski definition) is 3. The Labute approximate surface area is 164 Å². The molecule has 138 valence electrons. The van der Waals surface area contributed by atoms with E-state index in [9.17, 15) is 9.59 Å². The number of amides is 2. The molecule has 7 nitrogen and oxygen atoms in total. The first-order valence-electron chi connectivity index (χ1n) is 8.67. The molecular formula is C17H20BrN5O2S. The van der Waals surface area contributed by atoms with Crippen molar-refractivity contribution in [2.75, 3.05) is 25.1 Å². The van der Waals surface area contributed by atoms with Gasteiger partial charge in [-0.3, -0.25) is 14.9 Å². The molecule has 0 bridgehead atoms. The summed E-state index contributed by atoms with van der Waals surface area (Å²) in [6.45, 7) is 2.03. The van der Waals surface area contributed by atoms with E-state index >= 15 is 0 Å². The zero-order valence-corrected chi connectivity index (χ0v) is 16.5. The maximum Gasteiger partial charge on any atom is 0.238 e. The number of anilines is 1. The van der Waals surface area contributed by atoms with E-state index in [2.05, 4.69) is 41.8 Å². The Morgan fingerprint density at radius 2 is 2.00 bits per heavy atom. The van der Waals surface area contributed by atoms with Gasteiger partial charge in [0.05, 0.1) is 6.67 Å². The van der Waals surface area contributed by atoms with Crippen molar-refractivity contribution in [1.82, 2.24) is 15.5 Å². The third kappa shape index (κ3) is 3.74. The van der Waals surface area contributed by atoms with Gasteiger partial charge in [-0.15, -0.1) is 0 Å². The van der Waals surface area contributed by atoms with Gasteiger partial charge in [0.2, 0.25) is 11.8 Å². The van der Waals surface area contributed by atoms with Gasteiger partial charge in [0.15, 0.2) is 5.17 Å². The quantitative estimate of drug-likeness (QED) is 0.653. The fourth-order valence-electron chi connectivity index (χ4n) is 3.35. The molecule has 2 saturated heterocycles. The summed E-state index contributed by atoms with van der Waals surface area (Å²) in [7, 11) is 0. The average Bonchev–Trinajstić information content (AvgIpc) is 3.09. The van der Waals surface area contributed by atoms with Crippen LogP contribution in [0.25, 0.3) is 0 Å². The smallest absolute Gasteiger partial charge is 0.238 e. The van der Waals surface area contributed by atoms with Crippen LogP contribution in [0.5, 0.6) is 0 Å². The van der Waals surface area contributed by atoms with Crippen LogP contribution in [0.3, 0.4) is 0 Å². The van der Waals surface area contributed by atoms with Gasteiger partial charge in [0.25, 0.3) is 0 Å². The van der Waals surface area contributed by atoms with Crippen molar-refractivity contribution in [3.05, 3.63) is 28.7 Å². The van der Waals surface area contributed by atoms with Crippen LogP contribution in [-0.4, -0.2) is 53.1 Å². The second kappa shape index (κ2) is 7.58. The number of nitrogens with zero attached hydrogens (tertiary/aromatic N) is 2. The Morgan fingerprint density at radius 3 is 2.69 bits per heavy atom. The van der Waals surface area contributed by atoms with E-state index in [-0.39, 0.29) is 29.1 Å². The molecule has 0 spiro atoms. The number of benzene rings is 1. The molecule has 4 rings (SSSR count). The van der Waals surface area contributed by atoms with Gasteiger partial charge in [0.1, 0.15) is 11.4 Å². The summed E-state index contributed by atoms with van der Waals surface area (Å²) in [6.07, 6.45) is 1.44. The second-order valence-corrected chi connectivity index (χ2v) is 8.60. The summed E-state index contributed by atoms with van der Waals surface area (Å²) in [6, 6.07) is 7.61. The summed E-state index contributed by atoms with van der Waals surface area (Å²) < 4.78 is 0.988. The van der Waals surface area contributed by atoms with Gasteiger partial charge in [-0.25, -0.2) is 4.99 Å². The van der Waals surface area contributed by atoms with Crippen LogP contribution in [0.15, 0.2) is 33.7 Å². The van der Waals surface area contributed by atoms with Gasteiger partial charge >= 0.3 is 0 Å². The molecule has 26 heavy (non-hydrogen) atoms. The van der Waals surface area contributed by atoms with Crippen molar-refractivity contribution in [3.8, 4) is 0 Å². The van der Waals surface area contributed by atoms with Crippen molar-refractivity contribution in [3.63, 3.8) is 0 Å². The number of amidine groups is 1. The molecule has 0 aromatic heterocycles. The Bertz CT molecular complexity index is 733. The maximum atomic E-state index is 12.5. The number of rotatable bonds is 2. The zero-order valence-electron chi connectivity index (χ0n) is 14.1. The van der Waals surface area contributed by atoms with Crippen LogP contribution < -0.4 is 16.0 Å². The summed E-state index contributed by atoms with van der Waals surface area (Å²) in [5, 5.41) is 9.73. The van der Waals surface area contributed by atoms with Gasteiger partial charge in [-0.2, -0.15) is 0 Å². The van der Waals surface area contributed by atoms with Crippen molar-refractivity contribution < 1.29 is 9.59 Å². The van der Waals surface area contributed by atoms with Gasteiger partial charge in [-0.1, -0.05) is 27.7 Å². The Kier molecular flexibility index (Phi) is 5.19. The highest BCUT2D eigenvalue weighted by Gasteiger charge is 2.40. The van der Waals surface area contributed by atoms with E-state index in [1.54, 1.807) is 0 Å². The van der Waals surface area contributed by atoms with Crippen molar-refractivity contribution >= 4 is 50.4 Å². The first-order valence-corrected chi connectivity index (χ1v) is 10.3. The van der Waals surface area contributed by atoms with Crippen LogP contribution >= 0.6 is 27.7 Å². The molecule has 3 aliphatic heterocycles. The second-order valence-electron chi connectivity index (χ2n) is 6.57. The molecule has 1 aromatic rings. The molecule has 0 aliphatic carbocycles. The lowest BCUT2D eigenvalue weighted by Crippen LogP contribution is -2.54. The number of carbonyl (C=O) groups is 2. The monoisotopic (exact) mass is 437 g/mol. The van der Waals surface area contributed by atoms with Crippen LogP contribution in [0.4, 0.5) is 5.69 Å². The minimum absolute atomic E-state index is 0.00519. The number of halogens is 1. The molecule has 2 amide bonds. The molecule has 3 heterocycles. The largest absolute Gasteiger partial charge is 0.351 e. The summed E-state index contributed by atoms with van der Waals surface area (Å²) in [4.78, 5) is 31.3. The van der Waals surface area contributed by atoms with Gasteiger partial charge < -0.3 is 15.5 Å². The number of nitrogens with one attached hydrogen (secondary N) is 3. The Morgan fingerprint density at radius 1 is 1.27 bits per heavy atom. The van der Waals surface area contributed by atoms with Crippen LogP contribution in [0.2, 0.25) is 0 Å². The fourth-order valence-corrected chi connectivity index (χ4v) is 4.83. The lowest BCUT2D eigenvalue weighted by molar-refractivity contribution is -0.122. The highest BCUT2D eigenvalue weighted by molar-refractivity contribution is 9.10. The molecule has 2 fully saturated rings. The third-order valence-electron chi connectivity index (χ3n) is 4.85. The van der Waals surface area contributed by atoms with E-state index in [0.29, 0.717) is 6.67 Å². The number of hydrogen-bond acceptors (Lipinski definition) is 6. The van der Waals surface area contributed by atoms with Crippen molar-refractivity contribution in [2.45, 2.75) is 24.3 Å². The lowest BCUT2D eigenvalue weighted by atomic mass is 9.96. The molecule has 3 aliphatic rings. The molecule has 1 aromatic carbocycles. The predicted octanol–water partition coefficient (Wildman–Crippen LogP) is 1.57. The van der Waals surface area contributed by atoms with E-state index < -0.39 is 0 Å². The minimum Gasteiger partial charge on any atom is -0.351 e. The van der Waals surface area contributed by atoms with E-state index in [1.807, 2.05) is 24.3 Å². The molecule has 0 saturated carbocycles.